The SMILES string of the molecule is N/C(S)=N/C(=N/S(=O)(=O)c1ccc(Cl)cc1)N1CCC(c2ccccc2)C(c2ccc(Cl)cc2)=N1. The van der Waals surface area contributed by atoms with Crippen molar-refractivity contribution in [2.75, 3.05) is 6.54 Å². The quantitative estimate of drug-likeness (QED) is 0.268. The lowest BCUT2D eigenvalue weighted by molar-refractivity contribution is 0.400. The number of benzene rings is 3. The molecule has 1 unspecified atom stereocenters. The maximum Gasteiger partial charge on any atom is 0.285 e. The van der Waals surface area contributed by atoms with Crippen molar-refractivity contribution in [2.24, 2.45) is 20.2 Å². The average Bonchev–Trinajstić information content (AvgIpc) is 2.84. The van der Waals surface area contributed by atoms with E-state index < -0.39 is 10.0 Å². The summed E-state index contributed by atoms with van der Waals surface area (Å²) in [7, 11) is -4.12. The van der Waals surface area contributed by atoms with Crippen molar-refractivity contribution in [3.63, 3.8) is 0 Å². The van der Waals surface area contributed by atoms with Crippen LogP contribution in [0.2, 0.25) is 10.0 Å². The van der Waals surface area contributed by atoms with Crippen molar-refractivity contribution in [3.05, 3.63) is 100 Å². The number of hydrogen-bond acceptors (Lipinski definition) is 3. The normalized spacial score (nSPS) is 17.3. The average molecular weight is 547 g/mol. The molecule has 1 atom stereocenters. The number of nitrogens with zero attached hydrogens (tertiary/aromatic N) is 4. The molecule has 35 heavy (non-hydrogen) atoms. The lowest BCUT2D eigenvalue weighted by Crippen LogP contribution is -2.36. The fourth-order valence-corrected chi connectivity index (χ4v) is 4.94. The van der Waals surface area contributed by atoms with E-state index in [2.05, 4.69) is 22.0 Å². The Morgan fingerprint density at radius 3 is 2.17 bits per heavy atom. The maximum absolute atomic E-state index is 13.0. The molecular formula is C24H21Cl2N5O2S2. The standard InChI is InChI=1S/C24H21Cl2N5O2S2/c25-18-8-6-17(7-9-18)22-21(16-4-2-1-3-5-16)14-15-31(29-22)24(28-23(27)34)30-35(32,33)20-12-10-19(26)11-13-20/h1-13,21H,14-15H2,(H3,27,28,30,34). The van der Waals surface area contributed by atoms with E-state index in [4.69, 9.17) is 34.0 Å². The Morgan fingerprint density at radius 1 is 0.971 bits per heavy atom. The molecule has 0 aromatic heterocycles. The van der Waals surface area contributed by atoms with Crippen LogP contribution in [0.1, 0.15) is 23.5 Å². The van der Waals surface area contributed by atoms with Crippen LogP contribution in [-0.4, -0.2) is 36.8 Å². The Balaban J connectivity index is 1.81. The summed E-state index contributed by atoms with van der Waals surface area (Å²) in [4.78, 5) is 4.04. The number of sulfonamides is 1. The highest BCUT2D eigenvalue weighted by Crippen LogP contribution is 2.30. The first-order valence-corrected chi connectivity index (χ1v) is 13.2. The Kier molecular flexibility index (Phi) is 7.81. The lowest BCUT2D eigenvalue weighted by Gasteiger charge is -2.30. The summed E-state index contributed by atoms with van der Waals surface area (Å²) in [6.45, 7) is 0.357. The van der Waals surface area contributed by atoms with Crippen LogP contribution in [0.4, 0.5) is 0 Å². The first-order valence-electron chi connectivity index (χ1n) is 10.5. The van der Waals surface area contributed by atoms with E-state index >= 15 is 0 Å². The highest BCUT2D eigenvalue weighted by molar-refractivity contribution is 7.96. The summed E-state index contributed by atoms with van der Waals surface area (Å²) in [5, 5.41) is 7.07. The van der Waals surface area contributed by atoms with Gasteiger partial charge < -0.3 is 5.73 Å². The molecule has 0 bridgehead atoms. The topological polar surface area (TPSA) is 100 Å². The molecule has 7 nitrogen and oxygen atoms in total. The second-order valence-electron chi connectivity index (χ2n) is 7.66. The zero-order valence-electron chi connectivity index (χ0n) is 18.3. The Labute approximate surface area is 219 Å². The highest BCUT2D eigenvalue weighted by Gasteiger charge is 2.29. The van der Waals surface area contributed by atoms with Gasteiger partial charge in [0.2, 0.25) is 0 Å². The van der Waals surface area contributed by atoms with Crippen LogP contribution in [0, 0.1) is 0 Å². The van der Waals surface area contributed by atoms with Crippen molar-refractivity contribution >= 4 is 62.7 Å². The molecule has 11 heteroatoms. The van der Waals surface area contributed by atoms with Crippen molar-refractivity contribution in [1.29, 1.82) is 0 Å². The van der Waals surface area contributed by atoms with E-state index in [1.807, 2.05) is 42.5 Å². The van der Waals surface area contributed by atoms with Crippen LogP contribution in [0.15, 0.2) is 98.2 Å². The molecule has 2 N–H and O–H groups in total. The first kappa shape index (κ1) is 25.2. The molecular weight excluding hydrogens is 525 g/mol. The minimum atomic E-state index is -4.12. The number of thiol groups is 1. The minimum absolute atomic E-state index is 0.0277. The monoisotopic (exact) mass is 545 g/mol. The van der Waals surface area contributed by atoms with Gasteiger partial charge in [0, 0.05) is 22.5 Å². The fraction of sp³-hybridized carbons (Fsp3) is 0.125. The molecule has 0 saturated carbocycles. The van der Waals surface area contributed by atoms with Gasteiger partial charge in [-0.05, 0) is 53.9 Å². The highest BCUT2D eigenvalue weighted by atomic mass is 35.5. The zero-order valence-corrected chi connectivity index (χ0v) is 21.5. The molecule has 0 radical (unpaired) electrons. The van der Waals surface area contributed by atoms with Gasteiger partial charge in [-0.15, -0.1) is 17.0 Å². The molecule has 1 heterocycles. The number of hydrazone groups is 1. The van der Waals surface area contributed by atoms with Crippen molar-refractivity contribution in [1.82, 2.24) is 5.01 Å². The second-order valence-corrected chi connectivity index (χ2v) is 10.6. The molecule has 0 aliphatic carbocycles. The van der Waals surface area contributed by atoms with Gasteiger partial charge in [-0.2, -0.15) is 18.5 Å². The van der Waals surface area contributed by atoms with Crippen LogP contribution in [-0.2, 0) is 10.0 Å². The minimum Gasteiger partial charge on any atom is -0.378 e. The van der Waals surface area contributed by atoms with Crippen LogP contribution < -0.4 is 5.73 Å². The molecule has 3 aromatic carbocycles. The van der Waals surface area contributed by atoms with E-state index in [0.29, 0.717) is 23.0 Å². The van der Waals surface area contributed by atoms with Crippen LogP contribution in [0.25, 0.3) is 0 Å². The van der Waals surface area contributed by atoms with Crippen molar-refractivity contribution in [2.45, 2.75) is 17.2 Å². The molecule has 0 spiro atoms. The Bertz CT molecular complexity index is 1390. The predicted octanol–water partition coefficient (Wildman–Crippen LogP) is 5.18. The number of aliphatic imine (C=N–C) groups is 1. The summed E-state index contributed by atoms with van der Waals surface area (Å²) in [5.74, 6) is -0.217. The van der Waals surface area contributed by atoms with E-state index in [0.717, 1.165) is 16.8 Å². The van der Waals surface area contributed by atoms with Gasteiger partial charge in [-0.25, -0.2) is 5.01 Å². The number of rotatable bonds is 4. The lowest BCUT2D eigenvalue weighted by atomic mass is 9.86. The summed E-state index contributed by atoms with van der Waals surface area (Å²) in [6, 6.07) is 23.0. The third-order valence-electron chi connectivity index (χ3n) is 5.29. The summed E-state index contributed by atoms with van der Waals surface area (Å²) in [6.07, 6.45) is 0.632. The zero-order chi connectivity index (χ0) is 25.0. The van der Waals surface area contributed by atoms with E-state index in [9.17, 15) is 8.42 Å². The van der Waals surface area contributed by atoms with E-state index in [1.165, 1.54) is 29.3 Å². The Hall–Kier alpha value is -2.85. The third-order valence-corrected chi connectivity index (χ3v) is 7.16. The van der Waals surface area contributed by atoms with E-state index in [1.54, 1.807) is 12.1 Å². The molecule has 1 aliphatic rings. The molecule has 1 aliphatic heterocycles. The number of amidine groups is 1. The van der Waals surface area contributed by atoms with Crippen molar-refractivity contribution < 1.29 is 8.42 Å². The third kappa shape index (κ3) is 6.24. The number of hydrogen-bond donors (Lipinski definition) is 2. The summed E-state index contributed by atoms with van der Waals surface area (Å²) in [5.41, 5.74) is 8.35. The first-order chi connectivity index (χ1) is 16.7. The van der Waals surface area contributed by atoms with Gasteiger partial charge in [0.05, 0.1) is 10.6 Å². The second kappa shape index (κ2) is 10.8. The van der Waals surface area contributed by atoms with Crippen LogP contribution in [0.3, 0.4) is 0 Å². The summed E-state index contributed by atoms with van der Waals surface area (Å²) < 4.78 is 29.9. The molecule has 0 saturated heterocycles. The molecule has 4 rings (SSSR count). The maximum atomic E-state index is 13.0. The van der Waals surface area contributed by atoms with Crippen molar-refractivity contribution in [3.8, 4) is 0 Å². The number of guanidine groups is 1. The van der Waals surface area contributed by atoms with Gasteiger partial charge in [0.15, 0.2) is 5.17 Å². The molecule has 3 aromatic rings. The molecule has 0 fully saturated rings. The van der Waals surface area contributed by atoms with Crippen LogP contribution >= 0.6 is 35.8 Å². The largest absolute Gasteiger partial charge is 0.378 e. The number of halogens is 2. The summed E-state index contributed by atoms with van der Waals surface area (Å²) >= 11 is 16.0. The van der Waals surface area contributed by atoms with Gasteiger partial charge in [-0.1, -0.05) is 65.7 Å². The smallest absolute Gasteiger partial charge is 0.285 e. The predicted molar refractivity (Wildman–Crippen MR) is 145 cm³/mol. The fourth-order valence-electron chi connectivity index (χ4n) is 3.67. The number of nitrogens with two attached hydrogens (primary N) is 1. The van der Waals surface area contributed by atoms with E-state index in [-0.39, 0.29) is 21.9 Å². The molecule has 0 amide bonds. The van der Waals surface area contributed by atoms with Gasteiger partial charge in [0.1, 0.15) is 0 Å². The molecule has 180 valence electrons. The van der Waals surface area contributed by atoms with Gasteiger partial charge >= 0.3 is 0 Å². The van der Waals surface area contributed by atoms with Gasteiger partial charge in [0.25, 0.3) is 16.0 Å². The van der Waals surface area contributed by atoms with Gasteiger partial charge in [-0.3, -0.25) is 0 Å². The Morgan fingerprint density at radius 2 is 1.57 bits per heavy atom. The van der Waals surface area contributed by atoms with Crippen LogP contribution in [0.5, 0.6) is 0 Å².